The Labute approximate surface area is 186 Å². The fourth-order valence-corrected chi connectivity index (χ4v) is 3.55. The molecule has 0 saturated heterocycles. The first-order chi connectivity index (χ1) is 15.5. The van der Waals surface area contributed by atoms with E-state index >= 15 is 0 Å². The number of hydrogen-bond acceptors (Lipinski definition) is 6. The van der Waals surface area contributed by atoms with Gasteiger partial charge in [-0.15, -0.1) is 5.10 Å². The maximum atomic E-state index is 13.0. The summed E-state index contributed by atoms with van der Waals surface area (Å²) < 4.78 is 7.20. The number of benzene rings is 1. The Kier molecular flexibility index (Phi) is 6.30. The van der Waals surface area contributed by atoms with Gasteiger partial charge in [0.1, 0.15) is 5.56 Å². The molecule has 0 bridgehead atoms. The number of carbonyl (C=O) groups excluding carboxylic acids is 1. The summed E-state index contributed by atoms with van der Waals surface area (Å²) in [5.74, 6) is 0.653. The van der Waals surface area contributed by atoms with Gasteiger partial charge in [-0.3, -0.25) is 4.79 Å². The molecule has 0 aliphatic heterocycles. The number of hydrogen-bond donors (Lipinski definition) is 2. The van der Waals surface area contributed by atoms with Gasteiger partial charge in [-0.05, 0) is 48.6 Å². The third-order valence-corrected chi connectivity index (χ3v) is 5.30. The Morgan fingerprint density at radius 1 is 1.19 bits per heavy atom. The van der Waals surface area contributed by atoms with E-state index in [9.17, 15) is 4.79 Å². The summed E-state index contributed by atoms with van der Waals surface area (Å²) in [5.41, 5.74) is 9.58. The standard InChI is InChI=1S/C24H26N6O2/c1-3-32-23-20(22(31)26-11-9-16(2)17-7-5-4-6-8-17)13-19(15-27-23)18-10-12-30-21(14-18)28-24(25)29-30/h4-8,10,12-16H,3,9,11H2,1-2H3,(H2,25,29)(H,26,31). The van der Waals surface area contributed by atoms with Crippen molar-refractivity contribution in [3.8, 4) is 17.0 Å². The van der Waals surface area contributed by atoms with Crippen LogP contribution in [-0.4, -0.2) is 38.6 Å². The summed E-state index contributed by atoms with van der Waals surface area (Å²) in [4.78, 5) is 21.6. The van der Waals surface area contributed by atoms with Crippen LogP contribution in [0.1, 0.15) is 42.1 Å². The molecule has 8 nitrogen and oxygen atoms in total. The van der Waals surface area contributed by atoms with Gasteiger partial charge >= 0.3 is 0 Å². The first-order valence-corrected chi connectivity index (χ1v) is 10.6. The van der Waals surface area contributed by atoms with Gasteiger partial charge in [0.2, 0.25) is 11.8 Å². The minimum atomic E-state index is -0.212. The molecular weight excluding hydrogens is 404 g/mol. The summed E-state index contributed by atoms with van der Waals surface area (Å²) in [7, 11) is 0. The zero-order valence-corrected chi connectivity index (χ0v) is 18.2. The minimum absolute atomic E-state index is 0.205. The molecule has 0 radical (unpaired) electrons. The quantitative estimate of drug-likeness (QED) is 0.441. The number of fused-ring (bicyclic) bond motifs is 1. The fraction of sp³-hybridized carbons (Fsp3) is 0.250. The lowest BCUT2D eigenvalue weighted by Gasteiger charge is -2.14. The van der Waals surface area contributed by atoms with Crippen molar-refractivity contribution in [3.63, 3.8) is 0 Å². The lowest BCUT2D eigenvalue weighted by atomic mass is 9.98. The van der Waals surface area contributed by atoms with Gasteiger partial charge < -0.3 is 15.8 Å². The maximum Gasteiger partial charge on any atom is 0.256 e. The van der Waals surface area contributed by atoms with Crippen molar-refractivity contribution < 1.29 is 9.53 Å². The SMILES string of the molecule is CCOc1ncc(-c2ccn3nc(N)nc3c2)cc1C(=O)NCCC(C)c1ccccc1. The molecule has 32 heavy (non-hydrogen) atoms. The first kappa shape index (κ1) is 21.3. The molecule has 3 heterocycles. The molecule has 4 aromatic rings. The molecule has 164 valence electrons. The minimum Gasteiger partial charge on any atom is -0.477 e. The second kappa shape index (κ2) is 9.47. The normalized spacial score (nSPS) is 11.9. The number of carbonyl (C=O) groups is 1. The monoisotopic (exact) mass is 430 g/mol. The predicted molar refractivity (Wildman–Crippen MR) is 124 cm³/mol. The number of anilines is 1. The van der Waals surface area contributed by atoms with Gasteiger partial charge in [0.05, 0.1) is 6.61 Å². The van der Waals surface area contributed by atoms with Crippen molar-refractivity contribution in [2.45, 2.75) is 26.2 Å². The van der Waals surface area contributed by atoms with E-state index in [1.807, 2.05) is 37.3 Å². The number of ether oxygens (including phenoxy) is 1. The van der Waals surface area contributed by atoms with Crippen LogP contribution in [0.3, 0.4) is 0 Å². The van der Waals surface area contributed by atoms with Crippen LogP contribution in [0.4, 0.5) is 5.95 Å². The number of pyridine rings is 2. The number of nitrogens with zero attached hydrogens (tertiary/aromatic N) is 4. The van der Waals surface area contributed by atoms with Gasteiger partial charge in [0, 0.05) is 24.5 Å². The number of nitrogens with two attached hydrogens (primary N) is 1. The van der Waals surface area contributed by atoms with E-state index in [-0.39, 0.29) is 11.9 Å². The summed E-state index contributed by atoms with van der Waals surface area (Å²) in [5, 5.41) is 7.09. The largest absolute Gasteiger partial charge is 0.477 e. The van der Waals surface area contributed by atoms with Gasteiger partial charge in [0.25, 0.3) is 5.91 Å². The number of nitrogen functional groups attached to an aromatic ring is 1. The smallest absolute Gasteiger partial charge is 0.256 e. The molecule has 1 atom stereocenters. The molecule has 1 unspecified atom stereocenters. The van der Waals surface area contributed by atoms with Crippen LogP contribution in [0.5, 0.6) is 5.88 Å². The van der Waals surface area contributed by atoms with Crippen LogP contribution in [0.2, 0.25) is 0 Å². The number of rotatable bonds is 8. The average Bonchev–Trinajstić information content (AvgIpc) is 3.19. The molecule has 3 aromatic heterocycles. The summed E-state index contributed by atoms with van der Waals surface area (Å²) in [6.45, 7) is 4.99. The van der Waals surface area contributed by atoms with Crippen LogP contribution >= 0.6 is 0 Å². The maximum absolute atomic E-state index is 13.0. The molecule has 1 amide bonds. The van der Waals surface area contributed by atoms with E-state index in [2.05, 4.69) is 39.4 Å². The Bertz CT molecular complexity index is 1220. The molecule has 8 heteroatoms. The molecule has 1 aromatic carbocycles. The first-order valence-electron chi connectivity index (χ1n) is 10.6. The molecule has 3 N–H and O–H groups in total. The van der Waals surface area contributed by atoms with Crippen LogP contribution in [0.25, 0.3) is 16.8 Å². The van der Waals surface area contributed by atoms with Gasteiger partial charge in [-0.25, -0.2) is 9.50 Å². The lowest BCUT2D eigenvalue weighted by Crippen LogP contribution is -2.26. The molecular formula is C24H26N6O2. The summed E-state index contributed by atoms with van der Waals surface area (Å²) in [6.07, 6.45) is 4.29. The Morgan fingerprint density at radius 2 is 2.00 bits per heavy atom. The van der Waals surface area contributed by atoms with Gasteiger partial charge in [-0.2, -0.15) is 4.98 Å². The second-order valence-electron chi connectivity index (χ2n) is 7.55. The number of amides is 1. The Hall–Kier alpha value is -3.94. The number of aromatic nitrogens is 4. The van der Waals surface area contributed by atoms with E-state index in [0.29, 0.717) is 36.2 Å². The van der Waals surface area contributed by atoms with E-state index in [0.717, 1.165) is 17.5 Å². The number of nitrogens with one attached hydrogen (secondary N) is 1. The zero-order chi connectivity index (χ0) is 22.5. The highest BCUT2D eigenvalue weighted by Crippen LogP contribution is 2.26. The van der Waals surface area contributed by atoms with Gasteiger partial charge in [0.15, 0.2) is 5.65 Å². The van der Waals surface area contributed by atoms with Crippen LogP contribution < -0.4 is 15.8 Å². The van der Waals surface area contributed by atoms with Crippen molar-refractivity contribution in [2.24, 2.45) is 0 Å². The van der Waals surface area contributed by atoms with Crippen LogP contribution in [-0.2, 0) is 0 Å². The van der Waals surface area contributed by atoms with E-state index in [1.165, 1.54) is 5.56 Å². The highest BCUT2D eigenvalue weighted by atomic mass is 16.5. The van der Waals surface area contributed by atoms with Crippen LogP contribution in [0.15, 0.2) is 60.9 Å². The summed E-state index contributed by atoms with van der Waals surface area (Å²) in [6, 6.07) is 15.8. The molecule has 4 rings (SSSR count). The van der Waals surface area contributed by atoms with Crippen molar-refractivity contribution in [1.29, 1.82) is 0 Å². The highest BCUT2D eigenvalue weighted by molar-refractivity contribution is 5.97. The Morgan fingerprint density at radius 3 is 2.78 bits per heavy atom. The highest BCUT2D eigenvalue weighted by Gasteiger charge is 2.17. The van der Waals surface area contributed by atoms with E-state index in [4.69, 9.17) is 10.5 Å². The van der Waals surface area contributed by atoms with Crippen molar-refractivity contribution in [3.05, 3.63) is 72.1 Å². The second-order valence-corrected chi connectivity index (χ2v) is 7.55. The van der Waals surface area contributed by atoms with Crippen molar-refractivity contribution in [2.75, 3.05) is 18.9 Å². The zero-order valence-electron chi connectivity index (χ0n) is 18.2. The Balaban J connectivity index is 1.52. The molecule has 0 aliphatic carbocycles. The van der Waals surface area contributed by atoms with Crippen LogP contribution in [0, 0.1) is 0 Å². The van der Waals surface area contributed by atoms with E-state index in [1.54, 1.807) is 23.0 Å². The molecule has 0 aliphatic rings. The molecule has 0 spiro atoms. The van der Waals surface area contributed by atoms with Crippen molar-refractivity contribution >= 4 is 17.5 Å². The van der Waals surface area contributed by atoms with E-state index < -0.39 is 0 Å². The molecule has 0 fully saturated rings. The topological polar surface area (TPSA) is 107 Å². The molecule has 0 saturated carbocycles. The fourth-order valence-electron chi connectivity index (χ4n) is 3.55. The third kappa shape index (κ3) is 4.69. The summed E-state index contributed by atoms with van der Waals surface area (Å²) >= 11 is 0. The third-order valence-electron chi connectivity index (χ3n) is 5.30. The van der Waals surface area contributed by atoms with Gasteiger partial charge in [-0.1, -0.05) is 37.3 Å². The lowest BCUT2D eigenvalue weighted by molar-refractivity contribution is 0.0948. The average molecular weight is 431 g/mol. The predicted octanol–water partition coefficient (Wildman–Crippen LogP) is 3.70. The van der Waals surface area contributed by atoms with Crippen molar-refractivity contribution in [1.82, 2.24) is 24.9 Å².